The lowest BCUT2D eigenvalue weighted by molar-refractivity contribution is -0.384. The van der Waals surface area contributed by atoms with Crippen molar-refractivity contribution in [1.29, 1.82) is 0 Å². The van der Waals surface area contributed by atoms with E-state index < -0.39 is 23.4 Å². The van der Waals surface area contributed by atoms with Gasteiger partial charge in [0.15, 0.2) is 6.61 Å². The number of non-ortho nitro benzene ring substituents is 1. The lowest BCUT2D eigenvalue weighted by atomic mass is 10.1. The summed E-state index contributed by atoms with van der Waals surface area (Å²) in [6, 6.07) is 10.5. The van der Waals surface area contributed by atoms with Gasteiger partial charge in [0, 0.05) is 12.1 Å². The molecule has 0 unspecified atom stereocenters. The number of methoxy groups -OCH3 is 1. The summed E-state index contributed by atoms with van der Waals surface area (Å²) in [5.41, 5.74) is 0.710. The van der Waals surface area contributed by atoms with Gasteiger partial charge >= 0.3 is 5.97 Å². The van der Waals surface area contributed by atoms with Gasteiger partial charge in [0.1, 0.15) is 5.75 Å². The van der Waals surface area contributed by atoms with Crippen molar-refractivity contribution in [3.8, 4) is 5.75 Å². The summed E-state index contributed by atoms with van der Waals surface area (Å²) in [7, 11) is 1.54. The number of anilines is 1. The van der Waals surface area contributed by atoms with Crippen LogP contribution in [0.3, 0.4) is 0 Å². The van der Waals surface area contributed by atoms with Crippen molar-refractivity contribution < 1.29 is 24.0 Å². The summed E-state index contributed by atoms with van der Waals surface area (Å²) in [5, 5.41) is 13.1. The van der Waals surface area contributed by atoms with Crippen molar-refractivity contribution in [2.24, 2.45) is 0 Å². The van der Waals surface area contributed by atoms with Crippen LogP contribution in [0.1, 0.15) is 5.56 Å². The lowest BCUT2D eigenvalue weighted by Gasteiger charge is -2.08. The number of carbonyl (C=O) groups excluding carboxylic acids is 2. The Bertz CT molecular complexity index is 823. The molecule has 0 heterocycles. The van der Waals surface area contributed by atoms with Gasteiger partial charge in [-0.05, 0) is 23.8 Å². The first-order valence-electron chi connectivity index (χ1n) is 7.41. The molecule has 8 nitrogen and oxygen atoms in total. The normalized spacial score (nSPS) is 10.1. The monoisotopic (exact) mass is 378 g/mol. The molecule has 0 spiro atoms. The van der Waals surface area contributed by atoms with Gasteiger partial charge in [-0.3, -0.25) is 19.7 Å². The molecule has 26 heavy (non-hydrogen) atoms. The molecule has 0 aliphatic heterocycles. The van der Waals surface area contributed by atoms with Gasteiger partial charge in [-0.15, -0.1) is 0 Å². The topological polar surface area (TPSA) is 108 Å². The van der Waals surface area contributed by atoms with Crippen LogP contribution in [-0.2, 0) is 20.7 Å². The van der Waals surface area contributed by atoms with E-state index in [2.05, 4.69) is 5.32 Å². The molecular weight excluding hydrogens is 364 g/mol. The van der Waals surface area contributed by atoms with E-state index in [9.17, 15) is 19.7 Å². The van der Waals surface area contributed by atoms with E-state index in [1.807, 2.05) is 0 Å². The number of ether oxygens (including phenoxy) is 2. The highest BCUT2D eigenvalue weighted by molar-refractivity contribution is 6.34. The Hall–Kier alpha value is -3.13. The fourth-order valence-electron chi connectivity index (χ4n) is 2.01. The van der Waals surface area contributed by atoms with Gasteiger partial charge in [-0.1, -0.05) is 23.7 Å². The maximum Gasteiger partial charge on any atom is 0.310 e. The zero-order chi connectivity index (χ0) is 19.1. The third-order valence-corrected chi connectivity index (χ3v) is 3.62. The Kier molecular flexibility index (Phi) is 6.51. The molecule has 0 radical (unpaired) electrons. The third-order valence-electron chi connectivity index (χ3n) is 3.31. The number of nitrogens with zero attached hydrogens (tertiary/aromatic N) is 1. The van der Waals surface area contributed by atoms with Crippen molar-refractivity contribution in [3.63, 3.8) is 0 Å². The molecule has 0 saturated carbocycles. The maximum absolute atomic E-state index is 11.8. The number of nitro benzene ring substituents is 1. The smallest absolute Gasteiger partial charge is 0.310 e. The van der Waals surface area contributed by atoms with Gasteiger partial charge in [0.25, 0.3) is 11.6 Å². The molecular formula is C17H15ClN2O6. The fourth-order valence-corrected chi connectivity index (χ4v) is 2.23. The number of nitrogens with one attached hydrogen (secondary N) is 1. The van der Waals surface area contributed by atoms with Gasteiger partial charge in [0.05, 0.1) is 29.2 Å². The lowest BCUT2D eigenvalue weighted by Crippen LogP contribution is -2.21. The Morgan fingerprint density at radius 1 is 1.19 bits per heavy atom. The number of rotatable bonds is 7. The number of nitro groups is 1. The first-order valence-corrected chi connectivity index (χ1v) is 7.79. The molecule has 2 rings (SSSR count). The van der Waals surface area contributed by atoms with Crippen molar-refractivity contribution >= 4 is 34.9 Å². The maximum atomic E-state index is 11.8. The Balaban J connectivity index is 1.84. The number of hydrogen-bond acceptors (Lipinski definition) is 6. The fraction of sp³-hybridized carbons (Fsp3) is 0.176. The molecule has 0 saturated heterocycles. The Morgan fingerprint density at radius 3 is 2.46 bits per heavy atom. The number of benzene rings is 2. The molecule has 2 aromatic rings. The molecule has 0 aliphatic carbocycles. The van der Waals surface area contributed by atoms with E-state index in [4.69, 9.17) is 21.1 Å². The number of halogens is 1. The van der Waals surface area contributed by atoms with Crippen LogP contribution in [0.15, 0.2) is 42.5 Å². The predicted octanol–water partition coefficient (Wildman–Crippen LogP) is 2.98. The highest BCUT2D eigenvalue weighted by Gasteiger charge is 2.13. The predicted molar refractivity (Wildman–Crippen MR) is 94.4 cm³/mol. The quantitative estimate of drug-likeness (QED) is 0.451. The van der Waals surface area contributed by atoms with E-state index in [0.717, 1.165) is 11.6 Å². The Morgan fingerprint density at radius 2 is 1.88 bits per heavy atom. The van der Waals surface area contributed by atoms with E-state index in [0.29, 0.717) is 5.75 Å². The van der Waals surface area contributed by atoms with E-state index in [1.54, 1.807) is 31.4 Å². The summed E-state index contributed by atoms with van der Waals surface area (Å²) in [4.78, 5) is 33.6. The second kappa shape index (κ2) is 8.82. The van der Waals surface area contributed by atoms with Crippen LogP contribution < -0.4 is 10.1 Å². The van der Waals surface area contributed by atoms with E-state index in [1.165, 1.54) is 12.1 Å². The molecule has 1 N–H and O–H groups in total. The van der Waals surface area contributed by atoms with E-state index in [-0.39, 0.29) is 22.8 Å². The zero-order valence-corrected chi connectivity index (χ0v) is 14.5. The summed E-state index contributed by atoms with van der Waals surface area (Å²) in [6.45, 7) is -0.498. The molecule has 0 aliphatic rings. The molecule has 0 aromatic heterocycles. The highest BCUT2D eigenvalue weighted by atomic mass is 35.5. The first-order chi connectivity index (χ1) is 12.4. The largest absolute Gasteiger partial charge is 0.497 e. The zero-order valence-electron chi connectivity index (χ0n) is 13.7. The summed E-state index contributed by atoms with van der Waals surface area (Å²) < 4.78 is 9.93. The standard InChI is InChI=1S/C17H15ClN2O6/c1-25-13-5-2-11(3-6-13)8-17(22)26-10-16(21)19-15-7-4-12(20(23)24)9-14(15)18/h2-7,9H,8,10H2,1H3,(H,19,21). The SMILES string of the molecule is COc1ccc(CC(=O)OCC(=O)Nc2ccc([N+](=O)[O-])cc2Cl)cc1. The van der Waals surface area contributed by atoms with Crippen molar-refractivity contribution in [2.75, 3.05) is 19.0 Å². The molecule has 2 aromatic carbocycles. The van der Waals surface area contributed by atoms with Crippen LogP contribution in [0, 0.1) is 10.1 Å². The number of hydrogen-bond donors (Lipinski definition) is 1. The minimum Gasteiger partial charge on any atom is -0.497 e. The molecule has 0 bridgehead atoms. The van der Waals surface area contributed by atoms with Crippen LogP contribution in [0.4, 0.5) is 11.4 Å². The number of amides is 1. The highest BCUT2D eigenvalue weighted by Crippen LogP contribution is 2.26. The van der Waals surface area contributed by atoms with Crippen LogP contribution in [0.2, 0.25) is 5.02 Å². The van der Waals surface area contributed by atoms with Crippen LogP contribution in [0.5, 0.6) is 5.75 Å². The van der Waals surface area contributed by atoms with Crippen molar-refractivity contribution in [2.45, 2.75) is 6.42 Å². The summed E-state index contributed by atoms with van der Waals surface area (Å²) in [6.07, 6.45) is 0.00949. The summed E-state index contributed by atoms with van der Waals surface area (Å²) >= 11 is 5.88. The van der Waals surface area contributed by atoms with Crippen LogP contribution >= 0.6 is 11.6 Å². The van der Waals surface area contributed by atoms with Crippen molar-refractivity contribution in [3.05, 3.63) is 63.2 Å². The van der Waals surface area contributed by atoms with Gasteiger partial charge in [-0.2, -0.15) is 0 Å². The number of carbonyl (C=O) groups is 2. The average Bonchev–Trinajstić information content (AvgIpc) is 2.62. The van der Waals surface area contributed by atoms with Crippen molar-refractivity contribution in [1.82, 2.24) is 0 Å². The van der Waals surface area contributed by atoms with E-state index >= 15 is 0 Å². The molecule has 136 valence electrons. The van der Waals surface area contributed by atoms with Gasteiger partial charge < -0.3 is 14.8 Å². The molecule has 0 atom stereocenters. The average molecular weight is 379 g/mol. The van der Waals surface area contributed by atoms with Gasteiger partial charge in [-0.25, -0.2) is 0 Å². The minimum absolute atomic E-state index is 0.00949. The number of esters is 1. The second-order valence-corrected chi connectivity index (χ2v) is 5.56. The second-order valence-electron chi connectivity index (χ2n) is 5.15. The minimum atomic E-state index is -0.608. The third kappa shape index (κ3) is 5.45. The van der Waals surface area contributed by atoms with Gasteiger partial charge in [0.2, 0.25) is 0 Å². The molecule has 9 heteroatoms. The summed E-state index contributed by atoms with van der Waals surface area (Å²) in [5.74, 6) is -0.509. The van der Waals surface area contributed by atoms with Crippen LogP contribution in [-0.4, -0.2) is 30.5 Å². The Labute approximate surface area is 153 Å². The van der Waals surface area contributed by atoms with Crippen LogP contribution in [0.25, 0.3) is 0 Å². The first kappa shape index (κ1) is 19.2. The molecule has 0 fully saturated rings. The molecule has 1 amide bonds.